The molecule has 96 valence electrons. The zero-order valence-corrected chi connectivity index (χ0v) is 11.9. The highest BCUT2D eigenvalue weighted by Crippen LogP contribution is 2.41. The van der Waals surface area contributed by atoms with Crippen LogP contribution in [0.4, 0.5) is 5.69 Å². The molecule has 0 unspecified atom stereocenters. The largest absolute Gasteiger partial charge is 0.454 e. The SMILES string of the molecule is Brc1ccc2c(c1Oc1ccccc1)N=CCNC2. The van der Waals surface area contributed by atoms with Crippen molar-refractivity contribution < 1.29 is 4.74 Å². The van der Waals surface area contributed by atoms with E-state index in [1.54, 1.807) is 0 Å². The Hall–Kier alpha value is -1.65. The highest BCUT2D eigenvalue weighted by molar-refractivity contribution is 9.10. The topological polar surface area (TPSA) is 33.6 Å². The Labute approximate surface area is 120 Å². The number of nitrogens with zero attached hydrogens (tertiary/aromatic N) is 1. The number of fused-ring (bicyclic) bond motifs is 1. The van der Waals surface area contributed by atoms with Crippen molar-refractivity contribution in [3.8, 4) is 11.5 Å². The lowest BCUT2D eigenvalue weighted by Crippen LogP contribution is -2.13. The van der Waals surface area contributed by atoms with Crippen molar-refractivity contribution in [2.75, 3.05) is 6.54 Å². The van der Waals surface area contributed by atoms with Gasteiger partial charge in [0.1, 0.15) is 11.4 Å². The second-order valence-corrected chi connectivity index (χ2v) is 5.10. The molecular weight excluding hydrogens is 304 g/mol. The average Bonchev–Trinajstić information content (AvgIpc) is 2.69. The lowest BCUT2D eigenvalue weighted by Gasteiger charge is -2.13. The normalized spacial score (nSPS) is 13.7. The van der Waals surface area contributed by atoms with E-state index in [1.165, 1.54) is 0 Å². The number of halogens is 1. The van der Waals surface area contributed by atoms with E-state index < -0.39 is 0 Å². The lowest BCUT2D eigenvalue weighted by molar-refractivity contribution is 0.480. The molecule has 0 fully saturated rings. The summed E-state index contributed by atoms with van der Waals surface area (Å²) in [7, 11) is 0. The van der Waals surface area contributed by atoms with Crippen molar-refractivity contribution in [1.29, 1.82) is 0 Å². The van der Waals surface area contributed by atoms with Gasteiger partial charge in [-0.3, -0.25) is 4.99 Å². The highest BCUT2D eigenvalue weighted by Gasteiger charge is 2.15. The van der Waals surface area contributed by atoms with Crippen molar-refractivity contribution in [1.82, 2.24) is 5.32 Å². The quantitative estimate of drug-likeness (QED) is 0.907. The molecule has 4 heteroatoms. The summed E-state index contributed by atoms with van der Waals surface area (Å²) >= 11 is 3.54. The highest BCUT2D eigenvalue weighted by atomic mass is 79.9. The van der Waals surface area contributed by atoms with Crippen molar-refractivity contribution in [2.24, 2.45) is 4.99 Å². The maximum absolute atomic E-state index is 5.97. The number of aliphatic imine (C=N–C) groups is 1. The molecule has 0 saturated heterocycles. The summed E-state index contributed by atoms with van der Waals surface area (Å²) in [5.41, 5.74) is 2.03. The zero-order chi connectivity index (χ0) is 13.1. The van der Waals surface area contributed by atoms with Gasteiger partial charge in [0.25, 0.3) is 0 Å². The second kappa shape index (κ2) is 5.55. The number of benzene rings is 2. The molecule has 1 N–H and O–H groups in total. The number of hydrogen-bond acceptors (Lipinski definition) is 3. The van der Waals surface area contributed by atoms with Gasteiger partial charge in [-0.15, -0.1) is 0 Å². The third kappa shape index (κ3) is 2.69. The summed E-state index contributed by atoms with van der Waals surface area (Å²) in [5, 5.41) is 3.29. The van der Waals surface area contributed by atoms with Gasteiger partial charge in [-0.25, -0.2) is 0 Å². The van der Waals surface area contributed by atoms with Gasteiger partial charge in [0.15, 0.2) is 5.75 Å². The first kappa shape index (κ1) is 12.4. The van der Waals surface area contributed by atoms with Gasteiger partial charge in [-0.1, -0.05) is 24.3 Å². The van der Waals surface area contributed by atoms with Crippen LogP contribution in [0.2, 0.25) is 0 Å². The van der Waals surface area contributed by atoms with E-state index in [9.17, 15) is 0 Å². The molecule has 2 aromatic rings. The maximum Gasteiger partial charge on any atom is 0.167 e. The van der Waals surface area contributed by atoms with Crippen LogP contribution >= 0.6 is 15.9 Å². The number of ether oxygens (including phenoxy) is 1. The third-order valence-corrected chi connectivity index (χ3v) is 3.53. The van der Waals surface area contributed by atoms with Crippen LogP contribution < -0.4 is 10.1 Å². The van der Waals surface area contributed by atoms with E-state index in [0.717, 1.165) is 40.3 Å². The van der Waals surface area contributed by atoms with Crippen molar-refractivity contribution >= 4 is 27.8 Å². The van der Waals surface area contributed by atoms with Gasteiger partial charge in [-0.2, -0.15) is 0 Å². The molecule has 0 atom stereocenters. The van der Waals surface area contributed by atoms with Gasteiger partial charge in [0, 0.05) is 19.3 Å². The van der Waals surface area contributed by atoms with Crippen LogP contribution in [0.15, 0.2) is 51.9 Å². The zero-order valence-electron chi connectivity index (χ0n) is 10.3. The molecule has 0 aliphatic carbocycles. The molecule has 0 radical (unpaired) electrons. The molecule has 19 heavy (non-hydrogen) atoms. The Bertz CT molecular complexity index is 611. The minimum absolute atomic E-state index is 0.767. The first-order chi connectivity index (χ1) is 9.34. The fourth-order valence-corrected chi connectivity index (χ4v) is 2.38. The number of rotatable bonds is 2. The predicted octanol–water partition coefficient (Wildman–Crippen LogP) is 4.05. The standard InChI is InChI=1S/C15H13BrN2O/c16-13-7-6-11-10-17-8-9-18-14(11)15(13)19-12-4-2-1-3-5-12/h1-7,9,17H,8,10H2. The van der Waals surface area contributed by atoms with E-state index >= 15 is 0 Å². The smallest absolute Gasteiger partial charge is 0.167 e. The van der Waals surface area contributed by atoms with Crippen LogP contribution in [0, 0.1) is 0 Å². The fourth-order valence-electron chi connectivity index (χ4n) is 1.98. The first-order valence-electron chi connectivity index (χ1n) is 6.12. The molecule has 3 nitrogen and oxygen atoms in total. The van der Waals surface area contributed by atoms with E-state index in [1.807, 2.05) is 42.6 Å². The van der Waals surface area contributed by atoms with Gasteiger partial charge in [0.2, 0.25) is 0 Å². The molecule has 2 aromatic carbocycles. The summed E-state index contributed by atoms with van der Waals surface area (Å²) in [6.07, 6.45) is 1.87. The fraction of sp³-hybridized carbons (Fsp3) is 0.133. The molecule has 1 aliphatic rings. The summed E-state index contributed by atoms with van der Waals surface area (Å²) in [4.78, 5) is 4.50. The predicted molar refractivity (Wildman–Crippen MR) is 80.5 cm³/mol. The van der Waals surface area contributed by atoms with Crippen LogP contribution in [-0.4, -0.2) is 12.8 Å². The van der Waals surface area contributed by atoms with E-state index in [2.05, 4.69) is 32.3 Å². The summed E-state index contributed by atoms with van der Waals surface area (Å²) in [6, 6.07) is 13.8. The molecule has 1 heterocycles. The molecule has 0 saturated carbocycles. The van der Waals surface area contributed by atoms with Crippen LogP contribution in [0.25, 0.3) is 0 Å². The van der Waals surface area contributed by atoms with E-state index in [0.29, 0.717) is 0 Å². The Morgan fingerprint density at radius 1 is 1.11 bits per heavy atom. The van der Waals surface area contributed by atoms with Crippen molar-refractivity contribution in [3.63, 3.8) is 0 Å². The van der Waals surface area contributed by atoms with Crippen LogP contribution in [0.3, 0.4) is 0 Å². The molecule has 3 rings (SSSR count). The van der Waals surface area contributed by atoms with Crippen LogP contribution in [-0.2, 0) is 6.54 Å². The molecule has 0 amide bonds. The van der Waals surface area contributed by atoms with Gasteiger partial charge >= 0.3 is 0 Å². The van der Waals surface area contributed by atoms with Gasteiger partial charge in [-0.05, 0) is 39.7 Å². The number of nitrogens with one attached hydrogen (secondary N) is 1. The number of para-hydroxylation sites is 1. The average molecular weight is 317 g/mol. The summed E-state index contributed by atoms with van der Waals surface area (Å²) < 4.78 is 6.89. The third-order valence-electron chi connectivity index (χ3n) is 2.90. The van der Waals surface area contributed by atoms with Gasteiger partial charge < -0.3 is 10.1 Å². The summed E-state index contributed by atoms with van der Waals surface area (Å²) in [6.45, 7) is 1.57. The molecule has 0 spiro atoms. The minimum Gasteiger partial charge on any atom is -0.454 e. The Balaban J connectivity index is 2.05. The maximum atomic E-state index is 5.97. The molecular formula is C15H13BrN2O. The van der Waals surface area contributed by atoms with Crippen LogP contribution in [0.1, 0.15) is 5.56 Å². The van der Waals surface area contributed by atoms with Crippen LogP contribution in [0.5, 0.6) is 11.5 Å². The molecule has 1 aliphatic heterocycles. The Kier molecular flexibility index (Phi) is 3.62. The van der Waals surface area contributed by atoms with E-state index in [-0.39, 0.29) is 0 Å². The number of hydrogen-bond donors (Lipinski definition) is 1. The van der Waals surface area contributed by atoms with E-state index in [4.69, 9.17) is 4.74 Å². The Morgan fingerprint density at radius 2 is 1.95 bits per heavy atom. The summed E-state index contributed by atoms with van der Waals surface area (Å²) in [5.74, 6) is 1.58. The second-order valence-electron chi connectivity index (χ2n) is 4.24. The lowest BCUT2D eigenvalue weighted by atomic mass is 10.1. The monoisotopic (exact) mass is 316 g/mol. The first-order valence-corrected chi connectivity index (χ1v) is 6.91. The van der Waals surface area contributed by atoms with Gasteiger partial charge in [0.05, 0.1) is 4.47 Å². The molecule has 0 bridgehead atoms. The Morgan fingerprint density at radius 3 is 2.79 bits per heavy atom. The van der Waals surface area contributed by atoms with Crippen molar-refractivity contribution in [2.45, 2.75) is 6.54 Å². The van der Waals surface area contributed by atoms with Crippen molar-refractivity contribution in [3.05, 3.63) is 52.5 Å². The minimum atomic E-state index is 0.767. The molecule has 0 aromatic heterocycles.